The standard InChI is InChI=1S/C16H26N2S/c1-3-9-17-11-15(14-7-5-4-6-8-14)10-16-13(2)18-12-19-16/h10,12,14,17H,3-9,11H2,1-2H3. The molecule has 2 rings (SSSR count). The van der Waals surface area contributed by atoms with Crippen LogP contribution in [0.1, 0.15) is 56.0 Å². The molecule has 1 fully saturated rings. The molecule has 1 aromatic rings. The normalized spacial score (nSPS) is 17.9. The fourth-order valence-electron chi connectivity index (χ4n) is 2.81. The molecule has 1 aliphatic carbocycles. The Morgan fingerprint density at radius 3 is 2.84 bits per heavy atom. The highest BCUT2D eigenvalue weighted by atomic mass is 32.1. The van der Waals surface area contributed by atoms with E-state index < -0.39 is 0 Å². The van der Waals surface area contributed by atoms with Gasteiger partial charge in [0.05, 0.1) is 11.2 Å². The van der Waals surface area contributed by atoms with Crippen LogP contribution in [-0.4, -0.2) is 18.1 Å². The smallest absolute Gasteiger partial charge is 0.0801 e. The fourth-order valence-corrected chi connectivity index (χ4v) is 3.58. The van der Waals surface area contributed by atoms with E-state index in [0.29, 0.717) is 0 Å². The van der Waals surface area contributed by atoms with Gasteiger partial charge in [-0.15, -0.1) is 11.3 Å². The number of rotatable bonds is 6. The van der Waals surface area contributed by atoms with Crippen LogP contribution in [0.5, 0.6) is 0 Å². The van der Waals surface area contributed by atoms with Gasteiger partial charge in [-0.1, -0.05) is 31.8 Å². The lowest BCUT2D eigenvalue weighted by Gasteiger charge is -2.25. The Morgan fingerprint density at radius 1 is 1.42 bits per heavy atom. The first-order chi connectivity index (χ1) is 9.31. The third kappa shape index (κ3) is 4.43. The summed E-state index contributed by atoms with van der Waals surface area (Å²) in [6.07, 6.45) is 10.6. The predicted octanol–water partition coefficient (Wildman–Crippen LogP) is 4.41. The molecule has 1 heterocycles. The maximum Gasteiger partial charge on any atom is 0.0801 e. The van der Waals surface area contributed by atoms with Crippen molar-refractivity contribution in [2.75, 3.05) is 13.1 Å². The van der Waals surface area contributed by atoms with Crippen LogP contribution in [0.25, 0.3) is 6.08 Å². The van der Waals surface area contributed by atoms with Gasteiger partial charge in [-0.2, -0.15) is 0 Å². The van der Waals surface area contributed by atoms with Crippen molar-refractivity contribution < 1.29 is 0 Å². The molecule has 19 heavy (non-hydrogen) atoms. The molecule has 0 radical (unpaired) electrons. The van der Waals surface area contributed by atoms with Gasteiger partial charge < -0.3 is 5.32 Å². The first-order valence-corrected chi connectivity index (χ1v) is 8.50. The summed E-state index contributed by atoms with van der Waals surface area (Å²) in [5.41, 5.74) is 4.73. The van der Waals surface area contributed by atoms with Gasteiger partial charge in [-0.25, -0.2) is 4.98 Å². The van der Waals surface area contributed by atoms with Gasteiger partial charge in [0.1, 0.15) is 0 Å². The zero-order valence-electron chi connectivity index (χ0n) is 12.2. The van der Waals surface area contributed by atoms with Crippen molar-refractivity contribution in [3.63, 3.8) is 0 Å². The molecule has 0 bridgehead atoms. The molecule has 0 atom stereocenters. The summed E-state index contributed by atoms with van der Waals surface area (Å²) in [5.74, 6) is 0.791. The molecule has 1 aromatic heterocycles. The summed E-state index contributed by atoms with van der Waals surface area (Å²) in [4.78, 5) is 5.71. The third-order valence-corrected chi connectivity index (χ3v) is 4.86. The largest absolute Gasteiger partial charge is 0.313 e. The average molecular weight is 278 g/mol. The summed E-state index contributed by atoms with van der Waals surface area (Å²) < 4.78 is 0. The van der Waals surface area contributed by atoms with Gasteiger partial charge in [-0.3, -0.25) is 0 Å². The summed E-state index contributed by atoms with van der Waals surface area (Å²) in [7, 11) is 0. The van der Waals surface area contributed by atoms with E-state index in [1.165, 1.54) is 49.1 Å². The molecule has 0 amide bonds. The molecule has 0 spiro atoms. The Morgan fingerprint density at radius 2 is 2.21 bits per heavy atom. The van der Waals surface area contributed by atoms with Gasteiger partial charge in [0, 0.05) is 11.4 Å². The highest BCUT2D eigenvalue weighted by Crippen LogP contribution is 2.31. The summed E-state index contributed by atoms with van der Waals surface area (Å²) in [6, 6.07) is 0. The number of hydrogen-bond donors (Lipinski definition) is 1. The molecule has 3 heteroatoms. The minimum absolute atomic E-state index is 0.791. The van der Waals surface area contributed by atoms with Crippen molar-refractivity contribution in [2.24, 2.45) is 5.92 Å². The molecule has 0 aromatic carbocycles. The zero-order valence-corrected chi connectivity index (χ0v) is 13.1. The van der Waals surface area contributed by atoms with Crippen LogP contribution >= 0.6 is 11.3 Å². The lowest BCUT2D eigenvalue weighted by molar-refractivity contribution is 0.397. The average Bonchev–Trinajstić information content (AvgIpc) is 2.84. The van der Waals surface area contributed by atoms with Crippen molar-refractivity contribution in [1.29, 1.82) is 0 Å². The Hall–Kier alpha value is -0.670. The number of nitrogens with zero attached hydrogens (tertiary/aromatic N) is 1. The number of aromatic nitrogens is 1. The van der Waals surface area contributed by atoms with Crippen LogP contribution in [0, 0.1) is 12.8 Å². The van der Waals surface area contributed by atoms with Crippen molar-refractivity contribution in [3.05, 3.63) is 21.7 Å². The molecule has 0 aliphatic heterocycles. The fraction of sp³-hybridized carbons (Fsp3) is 0.688. The molecule has 1 saturated carbocycles. The Balaban J connectivity index is 2.08. The Labute approximate surface area is 121 Å². The first-order valence-electron chi connectivity index (χ1n) is 7.62. The van der Waals surface area contributed by atoms with E-state index >= 15 is 0 Å². The van der Waals surface area contributed by atoms with Crippen molar-refractivity contribution in [3.8, 4) is 0 Å². The third-order valence-electron chi connectivity index (χ3n) is 3.98. The van der Waals surface area contributed by atoms with E-state index in [-0.39, 0.29) is 0 Å². The van der Waals surface area contributed by atoms with Crippen LogP contribution in [0.3, 0.4) is 0 Å². The number of aryl methyl sites for hydroxylation is 1. The van der Waals surface area contributed by atoms with Gasteiger partial charge in [0.2, 0.25) is 0 Å². The van der Waals surface area contributed by atoms with E-state index in [9.17, 15) is 0 Å². The van der Waals surface area contributed by atoms with Crippen LogP contribution in [0.2, 0.25) is 0 Å². The van der Waals surface area contributed by atoms with Crippen LogP contribution in [0.4, 0.5) is 0 Å². The predicted molar refractivity (Wildman–Crippen MR) is 84.6 cm³/mol. The number of nitrogens with one attached hydrogen (secondary N) is 1. The molecular weight excluding hydrogens is 252 g/mol. The van der Waals surface area contributed by atoms with Gasteiger partial charge in [-0.05, 0) is 44.7 Å². The van der Waals surface area contributed by atoms with E-state index in [2.05, 4.69) is 30.2 Å². The Kier molecular flexibility index (Phi) is 6.05. The molecule has 2 nitrogen and oxygen atoms in total. The van der Waals surface area contributed by atoms with E-state index in [0.717, 1.165) is 19.0 Å². The topological polar surface area (TPSA) is 24.9 Å². The second kappa shape index (κ2) is 7.81. The SMILES string of the molecule is CCCNCC(=Cc1scnc1C)C1CCCCC1. The van der Waals surface area contributed by atoms with Gasteiger partial charge >= 0.3 is 0 Å². The quantitative estimate of drug-likeness (QED) is 0.779. The molecule has 0 saturated heterocycles. The highest BCUT2D eigenvalue weighted by molar-refractivity contribution is 7.10. The zero-order chi connectivity index (χ0) is 13.5. The van der Waals surface area contributed by atoms with Crippen LogP contribution in [-0.2, 0) is 0 Å². The molecule has 106 valence electrons. The first kappa shape index (κ1) is 14.7. The summed E-state index contributed by atoms with van der Waals surface area (Å²) in [6.45, 7) is 6.51. The van der Waals surface area contributed by atoms with Gasteiger partial charge in [0.15, 0.2) is 0 Å². The minimum atomic E-state index is 0.791. The minimum Gasteiger partial charge on any atom is -0.313 e. The van der Waals surface area contributed by atoms with E-state index in [4.69, 9.17) is 0 Å². The van der Waals surface area contributed by atoms with Crippen molar-refractivity contribution >= 4 is 17.4 Å². The second-order valence-corrected chi connectivity index (χ2v) is 6.42. The molecule has 1 N–H and O–H groups in total. The number of thiazole rings is 1. The maximum atomic E-state index is 4.36. The second-order valence-electron chi connectivity index (χ2n) is 5.53. The van der Waals surface area contributed by atoms with Crippen LogP contribution in [0.15, 0.2) is 11.1 Å². The lowest BCUT2D eigenvalue weighted by atomic mass is 9.83. The van der Waals surface area contributed by atoms with Crippen molar-refractivity contribution in [1.82, 2.24) is 10.3 Å². The summed E-state index contributed by atoms with van der Waals surface area (Å²) in [5, 5.41) is 3.58. The molecule has 0 unspecified atom stereocenters. The van der Waals surface area contributed by atoms with Gasteiger partial charge in [0.25, 0.3) is 0 Å². The number of hydrogen-bond acceptors (Lipinski definition) is 3. The molecular formula is C16H26N2S. The monoisotopic (exact) mass is 278 g/mol. The van der Waals surface area contributed by atoms with E-state index in [1.54, 1.807) is 16.9 Å². The molecule has 1 aliphatic rings. The van der Waals surface area contributed by atoms with Crippen molar-refractivity contribution in [2.45, 2.75) is 52.4 Å². The van der Waals surface area contributed by atoms with Crippen LogP contribution < -0.4 is 5.32 Å². The highest BCUT2D eigenvalue weighted by Gasteiger charge is 2.18. The van der Waals surface area contributed by atoms with E-state index in [1.807, 2.05) is 5.51 Å². The lowest BCUT2D eigenvalue weighted by Crippen LogP contribution is -2.22. The maximum absolute atomic E-state index is 4.36. The summed E-state index contributed by atoms with van der Waals surface area (Å²) >= 11 is 1.77. The Bertz CT molecular complexity index is 403.